The van der Waals surface area contributed by atoms with Crippen molar-refractivity contribution in [3.05, 3.63) is 65.7 Å². The molecule has 0 spiro atoms. The van der Waals surface area contributed by atoms with Gasteiger partial charge in [0, 0.05) is 12.5 Å². The normalized spacial score (nSPS) is 11.8. The molecule has 2 aromatic rings. The minimum Gasteiger partial charge on any atom is -0.493 e. The van der Waals surface area contributed by atoms with Crippen LogP contribution in [0.2, 0.25) is 0 Å². The lowest BCUT2D eigenvalue weighted by Gasteiger charge is -2.13. The zero-order chi connectivity index (χ0) is 20.4. The second kappa shape index (κ2) is 10.8. The van der Waals surface area contributed by atoms with Crippen molar-refractivity contribution in [3.8, 4) is 11.5 Å². The van der Waals surface area contributed by atoms with Crippen LogP contribution in [0.3, 0.4) is 0 Å². The predicted molar refractivity (Wildman–Crippen MR) is 108 cm³/mol. The molecule has 2 N–H and O–H groups in total. The zero-order valence-electron chi connectivity index (χ0n) is 16.1. The maximum absolute atomic E-state index is 12.2. The van der Waals surface area contributed by atoms with Crippen LogP contribution in [0.4, 0.5) is 0 Å². The van der Waals surface area contributed by atoms with Gasteiger partial charge in [-0.15, -0.1) is 0 Å². The van der Waals surface area contributed by atoms with Crippen molar-refractivity contribution in [1.82, 2.24) is 5.32 Å². The number of benzene rings is 2. The molecule has 1 amide bonds. The van der Waals surface area contributed by atoms with E-state index in [-0.39, 0.29) is 6.42 Å². The van der Waals surface area contributed by atoms with E-state index in [0.717, 1.165) is 17.5 Å². The highest BCUT2D eigenvalue weighted by Crippen LogP contribution is 2.28. The molecule has 6 heteroatoms. The predicted octanol–water partition coefficient (Wildman–Crippen LogP) is 3.31. The summed E-state index contributed by atoms with van der Waals surface area (Å²) in [6.45, 7) is 2.61. The van der Waals surface area contributed by atoms with Gasteiger partial charge in [-0.3, -0.25) is 4.79 Å². The van der Waals surface area contributed by atoms with E-state index >= 15 is 0 Å². The first-order valence-corrected chi connectivity index (χ1v) is 9.09. The zero-order valence-corrected chi connectivity index (χ0v) is 16.1. The van der Waals surface area contributed by atoms with Gasteiger partial charge in [0.15, 0.2) is 11.5 Å². The summed E-state index contributed by atoms with van der Waals surface area (Å²) in [6, 6.07) is 13.5. The smallest absolute Gasteiger partial charge is 0.326 e. The van der Waals surface area contributed by atoms with Crippen molar-refractivity contribution in [2.45, 2.75) is 25.8 Å². The Bertz CT molecular complexity index is 817. The van der Waals surface area contributed by atoms with Crippen LogP contribution in [-0.4, -0.2) is 36.7 Å². The van der Waals surface area contributed by atoms with E-state index in [1.54, 1.807) is 31.4 Å². The van der Waals surface area contributed by atoms with Gasteiger partial charge in [0.05, 0.1) is 13.7 Å². The Hall–Kier alpha value is -3.28. The molecule has 0 unspecified atom stereocenters. The third-order valence-electron chi connectivity index (χ3n) is 3.97. The van der Waals surface area contributed by atoms with E-state index in [4.69, 9.17) is 9.47 Å². The standard InChI is InChI=1S/C22H25NO5/c1-3-13-28-19-11-9-17(15-20(19)27-2)10-12-21(24)23-18(22(25)26)14-16-7-5-4-6-8-16/h4-12,15,18H,3,13-14H2,1-2H3,(H,23,24)(H,25,26)/b12-10+/t18-/m0/s1. The van der Waals surface area contributed by atoms with E-state index < -0.39 is 17.9 Å². The van der Waals surface area contributed by atoms with Gasteiger partial charge in [0.2, 0.25) is 5.91 Å². The lowest BCUT2D eigenvalue weighted by molar-refractivity contribution is -0.141. The molecule has 0 aromatic heterocycles. The maximum Gasteiger partial charge on any atom is 0.326 e. The number of aliphatic carboxylic acids is 1. The average molecular weight is 383 g/mol. The van der Waals surface area contributed by atoms with Crippen molar-refractivity contribution in [2.24, 2.45) is 0 Å². The highest BCUT2D eigenvalue weighted by Gasteiger charge is 2.19. The Kier molecular flexibility index (Phi) is 8.09. The summed E-state index contributed by atoms with van der Waals surface area (Å²) >= 11 is 0. The summed E-state index contributed by atoms with van der Waals surface area (Å²) in [5.41, 5.74) is 1.58. The molecular formula is C22H25NO5. The van der Waals surface area contributed by atoms with Crippen LogP contribution in [0.1, 0.15) is 24.5 Å². The molecule has 1 atom stereocenters. The summed E-state index contributed by atoms with van der Waals surface area (Å²) < 4.78 is 10.9. The molecule has 148 valence electrons. The van der Waals surface area contributed by atoms with Crippen LogP contribution in [0, 0.1) is 0 Å². The van der Waals surface area contributed by atoms with Gasteiger partial charge < -0.3 is 19.9 Å². The summed E-state index contributed by atoms with van der Waals surface area (Å²) in [6.07, 6.45) is 4.01. The molecule has 0 aliphatic carbocycles. The van der Waals surface area contributed by atoms with E-state index in [0.29, 0.717) is 18.1 Å². The van der Waals surface area contributed by atoms with Crippen LogP contribution >= 0.6 is 0 Å². The highest BCUT2D eigenvalue weighted by atomic mass is 16.5. The minimum atomic E-state index is -1.08. The molecule has 2 rings (SSSR count). The molecule has 0 saturated carbocycles. The van der Waals surface area contributed by atoms with Crippen molar-refractivity contribution >= 4 is 18.0 Å². The Balaban J connectivity index is 2.02. The maximum atomic E-state index is 12.2. The lowest BCUT2D eigenvalue weighted by atomic mass is 10.1. The van der Waals surface area contributed by atoms with Gasteiger partial charge in [-0.05, 0) is 35.8 Å². The number of methoxy groups -OCH3 is 1. The number of hydrogen-bond donors (Lipinski definition) is 2. The second-order valence-corrected chi connectivity index (χ2v) is 6.18. The first-order chi connectivity index (χ1) is 13.5. The molecule has 0 fully saturated rings. The minimum absolute atomic E-state index is 0.215. The molecule has 28 heavy (non-hydrogen) atoms. The lowest BCUT2D eigenvalue weighted by Crippen LogP contribution is -2.41. The number of carboxylic acid groups (broad SMARTS) is 1. The quantitative estimate of drug-likeness (QED) is 0.615. The average Bonchev–Trinajstić information content (AvgIpc) is 2.71. The first-order valence-electron chi connectivity index (χ1n) is 9.09. The van der Waals surface area contributed by atoms with Gasteiger partial charge in [-0.2, -0.15) is 0 Å². The molecule has 6 nitrogen and oxygen atoms in total. The highest BCUT2D eigenvalue weighted by molar-refractivity contribution is 5.94. The largest absolute Gasteiger partial charge is 0.493 e. The number of ether oxygens (including phenoxy) is 2. The molecule has 0 heterocycles. The van der Waals surface area contributed by atoms with Crippen LogP contribution in [-0.2, 0) is 16.0 Å². The fraction of sp³-hybridized carbons (Fsp3) is 0.273. The molecule has 0 saturated heterocycles. The molecule has 2 aromatic carbocycles. The number of rotatable bonds is 10. The first kappa shape index (κ1) is 21.0. The number of carboxylic acids is 1. The van der Waals surface area contributed by atoms with E-state index in [9.17, 15) is 14.7 Å². The molecule has 0 aliphatic rings. The van der Waals surface area contributed by atoms with Gasteiger partial charge in [-0.25, -0.2) is 4.79 Å². The number of carbonyl (C=O) groups excluding carboxylic acids is 1. The Morgan fingerprint density at radius 2 is 1.89 bits per heavy atom. The molecule has 0 aliphatic heterocycles. The fourth-order valence-electron chi connectivity index (χ4n) is 2.56. The number of hydrogen-bond acceptors (Lipinski definition) is 4. The van der Waals surface area contributed by atoms with Crippen molar-refractivity contribution in [2.75, 3.05) is 13.7 Å². The Morgan fingerprint density at radius 3 is 2.54 bits per heavy atom. The molecular weight excluding hydrogens is 358 g/mol. The molecule has 0 bridgehead atoms. The van der Waals surface area contributed by atoms with Crippen LogP contribution in [0.5, 0.6) is 11.5 Å². The monoisotopic (exact) mass is 383 g/mol. The number of carbonyl (C=O) groups is 2. The van der Waals surface area contributed by atoms with Crippen molar-refractivity contribution in [3.63, 3.8) is 0 Å². The fourth-order valence-corrected chi connectivity index (χ4v) is 2.56. The number of amides is 1. The summed E-state index contributed by atoms with van der Waals surface area (Å²) in [4.78, 5) is 23.6. The second-order valence-electron chi connectivity index (χ2n) is 6.18. The van der Waals surface area contributed by atoms with E-state index in [1.165, 1.54) is 6.08 Å². The van der Waals surface area contributed by atoms with Crippen LogP contribution < -0.4 is 14.8 Å². The Morgan fingerprint density at radius 1 is 1.14 bits per heavy atom. The van der Waals surface area contributed by atoms with Gasteiger partial charge in [-0.1, -0.05) is 43.3 Å². The third-order valence-corrected chi connectivity index (χ3v) is 3.97. The third kappa shape index (κ3) is 6.46. The van der Waals surface area contributed by atoms with Gasteiger partial charge in [0.1, 0.15) is 6.04 Å². The Labute approximate surface area is 164 Å². The van der Waals surface area contributed by atoms with Crippen LogP contribution in [0.25, 0.3) is 6.08 Å². The topological polar surface area (TPSA) is 84.9 Å². The van der Waals surface area contributed by atoms with Crippen LogP contribution in [0.15, 0.2) is 54.6 Å². The summed E-state index contributed by atoms with van der Waals surface area (Å²) in [5, 5.41) is 11.9. The van der Waals surface area contributed by atoms with Gasteiger partial charge >= 0.3 is 5.97 Å². The SMILES string of the molecule is CCCOc1ccc(/C=C/C(=O)N[C@@H](Cc2ccccc2)C(=O)O)cc1OC. The van der Waals surface area contributed by atoms with Crippen molar-refractivity contribution < 1.29 is 24.2 Å². The number of nitrogens with one attached hydrogen (secondary N) is 1. The molecule has 0 radical (unpaired) electrons. The summed E-state index contributed by atoms with van der Waals surface area (Å²) in [5.74, 6) is -0.346. The summed E-state index contributed by atoms with van der Waals surface area (Å²) in [7, 11) is 1.55. The van der Waals surface area contributed by atoms with Gasteiger partial charge in [0.25, 0.3) is 0 Å². The van der Waals surface area contributed by atoms with E-state index in [1.807, 2.05) is 37.3 Å². The van der Waals surface area contributed by atoms with Crippen molar-refractivity contribution in [1.29, 1.82) is 0 Å². The van der Waals surface area contributed by atoms with E-state index in [2.05, 4.69) is 5.32 Å².